The number of hydrogen-bond acceptors (Lipinski definition) is 4. The van der Waals surface area contributed by atoms with Gasteiger partial charge in [-0.15, -0.1) is 0 Å². The Kier molecular flexibility index (Phi) is 3.39. The molecule has 86 valence electrons. The van der Waals surface area contributed by atoms with Gasteiger partial charge in [-0.3, -0.25) is 5.43 Å². The van der Waals surface area contributed by atoms with Crippen molar-refractivity contribution in [1.82, 2.24) is 5.43 Å². The van der Waals surface area contributed by atoms with Gasteiger partial charge in [0.05, 0.1) is 12.0 Å². The molecule has 0 spiro atoms. The van der Waals surface area contributed by atoms with Crippen LogP contribution in [-0.2, 0) is 0 Å². The molecule has 3 nitrogen and oxygen atoms in total. The Balaban J connectivity index is 2.22. The van der Waals surface area contributed by atoms with E-state index in [1.165, 1.54) is 0 Å². The van der Waals surface area contributed by atoms with Crippen LogP contribution in [0.15, 0.2) is 23.3 Å². The first-order valence-corrected chi connectivity index (χ1v) is 6.36. The molecule has 2 rings (SSSR count). The topological polar surface area (TPSA) is 33.6 Å². The molecule has 0 saturated heterocycles. The van der Waals surface area contributed by atoms with E-state index in [0.29, 0.717) is 0 Å². The minimum absolute atomic E-state index is 0.212. The number of hydrogen-bond donors (Lipinski definition) is 1. The van der Waals surface area contributed by atoms with Crippen LogP contribution in [-0.4, -0.2) is 17.0 Å². The van der Waals surface area contributed by atoms with E-state index in [4.69, 9.17) is 4.74 Å². The molecule has 1 aromatic rings. The van der Waals surface area contributed by atoms with Gasteiger partial charge in [-0.05, 0) is 44.5 Å². The fourth-order valence-electron chi connectivity index (χ4n) is 1.55. The molecule has 4 heteroatoms. The summed E-state index contributed by atoms with van der Waals surface area (Å²) < 4.78 is 5.70. The fourth-order valence-corrected chi connectivity index (χ4v) is 2.24. The number of hydrazone groups is 1. The van der Waals surface area contributed by atoms with Gasteiger partial charge in [0, 0.05) is 5.56 Å². The second-order valence-electron chi connectivity index (χ2n) is 4.01. The van der Waals surface area contributed by atoms with Gasteiger partial charge < -0.3 is 4.74 Å². The Hall–Kier alpha value is -1.16. The highest BCUT2D eigenvalue weighted by atomic mass is 32.2. The van der Waals surface area contributed by atoms with E-state index in [-0.39, 0.29) is 6.10 Å². The molecule has 16 heavy (non-hydrogen) atoms. The predicted molar refractivity (Wildman–Crippen MR) is 69.1 cm³/mol. The third kappa shape index (κ3) is 2.50. The average Bonchev–Trinajstić information content (AvgIpc) is 2.73. The summed E-state index contributed by atoms with van der Waals surface area (Å²) in [7, 11) is 0. The smallest absolute Gasteiger partial charge is 0.125 e. The van der Waals surface area contributed by atoms with Crippen LogP contribution < -0.4 is 10.2 Å². The van der Waals surface area contributed by atoms with E-state index < -0.39 is 0 Å². The third-order valence-corrected chi connectivity index (χ3v) is 3.11. The minimum atomic E-state index is 0.212. The first kappa shape index (κ1) is 11.3. The summed E-state index contributed by atoms with van der Waals surface area (Å²) in [6, 6.07) is 6.20. The van der Waals surface area contributed by atoms with Gasteiger partial charge in [0.25, 0.3) is 0 Å². The van der Waals surface area contributed by atoms with Gasteiger partial charge in [0.1, 0.15) is 10.8 Å². The summed E-state index contributed by atoms with van der Waals surface area (Å²) in [5.74, 6) is 1.81. The van der Waals surface area contributed by atoms with Crippen LogP contribution >= 0.6 is 11.8 Å². The molecular weight excluding hydrogens is 220 g/mol. The molecule has 1 aromatic carbocycles. The summed E-state index contributed by atoms with van der Waals surface area (Å²) in [5.41, 5.74) is 5.27. The van der Waals surface area contributed by atoms with Gasteiger partial charge in [-0.2, -0.15) is 5.10 Å². The monoisotopic (exact) mass is 236 g/mol. The van der Waals surface area contributed by atoms with Crippen molar-refractivity contribution in [1.29, 1.82) is 0 Å². The highest BCUT2D eigenvalue weighted by molar-refractivity contribution is 8.14. The highest BCUT2D eigenvalue weighted by Crippen LogP contribution is 2.24. The maximum atomic E-state index is 5.70. The largest absolute Gasteiger partial charge is 0.491 e. The fraction of sp³-hybridized carbons (Fsp3) is 0.417. The maximum Gasteiger partial charge on any atom is 0.125 e. The molecular formula is C12H16N2OS. The van der Waals surface area contributed by atoms with E-state index in [0.717, 1.165) is 27.8 Å². The molecule has 1 heterocycles. The Morgan fingerprint density at radius 1 is 1.44 bits per heavy atom. The first-order valence-electron chi connectivity index (χ1n) is 5.38. The standard InChI is InChI=1S/C12H16N2OS/c1-8(2)15-11-5-4-10(6-9(11)3)12-14-13-7-16-12/h4-6,8,13H,7H2,1-3H3. The van der Waals surface area contributed by atoms with Crippen molar-refractivity contribution in [2.45, 2.75) is 26.9 Å². The summed E-state index contributed by atoms with van der Waals surface area (Å²) in [6.45, 7) is 6.14. The quantitative estimate of drug-likeness (QED) is 0.876. The summed E-state index contributed by atoms with van der Waals surface area (Å²) in [5, 5.41) is 5.28. The van der Waals surface area contributed by atoms with Crippen molar-refractivity contribution < 1.29 is 4.74 Å². The number of nitrogens with one attached hydrogen (secondary N) is 1. The number of nitrogens with zero attached hydrogens (tertiary/aromatic N) is 1. The number of ether oxygens (including phenoxy) is 1. The van der Waals surface area contributed by atoms with Crippen LogP contribution in [0.4, 0.5) is 0 Å². The summed E-state index contributed by atoms with van der Waals surface area (Å²) in [6.07, 6.45) is 0.212. The molecule has 0 amide bonds. The zero-order valence-corrected chi connectivity index (χ0v) is 10.6. The lowest BCUT2D eigenvalue weighted by molar-refractivity contribution is 0.241. The second-order valence-corrected chi connectivity index (χ2v) is 4.97. The molecule has 0 saturated carbocycles. The van der Waals surface area contributed by atoms with E-state index >= 15 is 0 Å². The van der Waals surface area contributed by atoms with Crippen LogP contribution in [0.5, 0.6) is 5.75 Å². The SMILES string of the molecule is Cc1cc(C2=NNCS2)ccc1OC(C)C. The number of rotatable bonds is 3. The molecule has 1 N–H and O–H groups in total. The maximum absolute atomic E-state index is 5.70. The van der Waals surface area contributed by atoms with Crippen molar-refractivity contribution in [3.63, 3.8) is 0 Å². The molecule has 1 aliphatic heterocycles. The van der Waals surface area contributed by atoms with Crippen LogP contribution in [0.25, 0.3) is 0 Å². The van der Waals surface area contributed by atoms with Gasteiger partial charge in [0.2, 0.25) is 0 Å². The van der Waals surface area contributed by atoms with E-state index in [1.807, 2.05) is 19.9 Å². The van der Waals surface area contributed by atoms with Crippen LogP contribution in [0.2, 0.25) is 0 Å². The Morgan fingerprint density at radius 3 is 2.81 bits per heavy atom. The molecule has 0 bridgehead atoms. The zero-order chi connectivity index (χ0) is 11.5. The summed E-state index contributed by atoms with van der Waals surface area (Å²) >= 11 is 1.72. The molecule has 0 fully saturated rings. The molecule has 0 atom stereocenters. The van der Waals surface area contributed by atoms with Gasteiger partial charge >= 0.3 is 0 Å². The predicted octanol–water partition coefficient (Wildman–Crippen LogP) is 2.74. The Morgan fingerprint density at radius 2 is 2.25 bits per heavy atom. The average molecular weight is 236 g/mol. The molecule has 0 aromatic heterocycles. The Bertz CT molecular complexity index is 415. The lowest BCUT2D eigenvalue weighted by Crippen LogP contribution is -2.07. The number of aryl methyl sites for hydroxylation is 1. The van der Waals surface area contributed by atoms with Crippen molar-refractivity contribution in [2.75, 3.05) is 5.88 Å². The second kappa shape index (κ2) is 4.78. The normalized spacial score (nSPS) is 14.9. The molecule has 1 aliphatic rings. The minimum Gasteiger partial charge on any atom is -0.491 e. The molecule has 0 unspecified atom stereocenters. The molecule has 0 aliphatic carbocycles. The van der Waals surface area contributed by atoms with Crippen molar-refractivity contribution in [3.05, 3.63) is 29.3 Å². The Labute approximate surface area is 100 Å². The van der Waals surface area contributed by atoms with Crippen LogP contribution in [0, 0.1) is 6.92 Å². The van der Waals surface area contributed by atoms with Crippen molar-refractivity contribution >= 4 is 16.8 Å². The zero-order valence-electron chi connectivity index (χ0n) is 9.78. The van der Waals surface area contributed by atoms with E-state index in [2.05, 4.69) is 29.6 Å². The van der Waals surface area contributed by atoms with Crippen LogP contribution in [0.3, 0.4) is 0 Å². The van der Waals surface area contributed by atoms with Gasteiger partial charge in [0.15, 0.2) is 0 Å². The third-order valence-electron chi connectivity index (χ3n) is 2.24. The number of thioether (sulfide) groups is 1. The van der Waals surface area contributed by atoms with Crippen LogP contribution in [0.1, 0.15) is 25.0 Å². The molecule has 0 radical (unpaired) electrons. The lowest BCUT2D eigenvalue weighted by atomic mass is 10.1. The number of benzene rings is 1. The lowest BCUT2D eigenvalue weighted by Gasteiger charge is -2.13. The van der Waals surface area contributed by atoms with E-state index in [1.54, 1.807) is 11.8 Å². The van der Waals surface area contributed by atoms with Crippen molar-refractivity contribution in [2.24, 2.45) is 5.10 Å². The van der Waals surface area contributed by atoms with Crippen molar-refractivity contribution in [3.8, 4) is 5.75 Å². The summed E-state index contributed by atoms with van der Waals surface area (Å²) in [4.78, 5) is 0. The van der Waals surface area contributed by atoms with Gasteiger partial charge in [-0.1, -0.05) is 11.8 Å². The first-order chi connectivity index (χ1) is 7.66. The highest BCUT2D eigenvalue weighted by Gasteiger charge is 2.11. The van der Waals surface area contributed by atoms with Gasteiger partial charge in [-0.25, -0.2) is 0 Å². The van der Waals surface area contributed by atoms with E-state index in [9.17, 15) is 0 Å².